The molecule has 1 aromatic carbocycles. The SMILES string of the molecule is CC(CCCCN(C)C)CC1=NC=C(NC(=O)c2n[nH]c3ccc(-c4cncc(CN5CCC5)c4)cc23)CC1. The average molecular weight is 528 g/mol. The van der Waals surface area contributed by atoms with Gasteiger partial charge in [0.05, 0.1) is 5.52 Å². The Labute approximate surface area is 231 Å². The molecule has 1 saturated heterocycles. The molecule has 8 heteroatoms. The number of fused-ring (bicyclic) bond motifs is 1. The number of aromatic amines is 1. The number of unbranched alkanes of at least 4 members (excludes halogenated alkanes) is 1. The third kappa shape index (κ3) is 7.19. The number of pyridine rings is 1. The highest BCUT2D eigenvalue weighted by Crippen LogP contribution is 2.27. The van der Waals surface area contributed by atoms with Gasteiger partial charge in [0, 0.05) is 47.5 Å². The lowest BCUT2D eigenvalue weighted by molar-refractivity contribution is 0.0961. The monoisotopic (exact) mass is 527 g/mol. The van der Waals surface area contributed by atoms with Crippen LogP contribution in [0.3, 0.4) is 0 Å². The molecule has 2 N–H and O–H groups in total. The number of carbonyl (C=O) groups excluding carboxylic acids is 1. The highest BCUT2D eigenvalue weighted by molar-refractivity contribution is 6.06. The lowest BCUT2D eigenvalue weighted by Crippen LogP contribution is -2.36. The normalized spacial score (nSPS) is 16.6. The maximum absolute atomic E-state index is 13.2. The number of amides is 1. The molecular weight excluding hydrogens is 486 g/mol. The van der Waals surface area contributed by atoms with E-state index in [2.05, 4.69) is 68.4 Å². The summed E-state index contributed by atoms with van der Waals surface area (Å²) in [6.45, 7) is 6.70. The number of hydrogen-bond donors (Lipinski definition) is 2. The minimum Gasteiger partial charge on any atom is -0.323 e. The van der Waals surface area contributed by atoms with Crippen molar-refractivity contribution in [2.24, 2.45) is 10.9 Å². The fourth-order valence-electron chi connectivity index (χ4n) is 5.35. The molecule has 206 valence electrons. The Balaban J connectivity index is 1.21. The molecule has 0 saturated carbocycles. The zero-order chi connectivity index (χ0) is 27.2. The first-order valence-electron chi connectivity index (χ1n) is 14.3. The molecule has 4 heterocycles. The van der Waals surface area contributed by atoms with E-state index in [0.29, 0.717) is 11.6 Å². The number of aromatic nitrogens is 3. The number of rotatable bonds is 12. The maximum Gasteiger partial charge on any atom is 0.276 e. The van der Waals surface area contributed by atoms with Crippen LogP contribution in [0.4, 0.5) is 0 Å². The first-order chi connectivity index (χ1) is 18.9. The van der Waals surface area contributed by atoms with E-state index in [0.717, 1.165) is 73.2 Å². The number of hydrogen-bond acceptors (Lipinski definition) is 6. The largest absolute Gasteiger partial charge is 0.323 e. The number of aliphatic imine (C=N–C) groups is 1. The summed E-state index contributed by atoms with van der Waals surface area (Å²) < 4.78 is 0. The van der Waals surface area contributed by atoms with E-state index < -0.39 is 0 Å². The third-order valence-corrected chi connectivity index (χ3v) is 7.76. The van der Waals surface area contributed by atoms with Crippen LogP contribution < -0.4 is 5.32 Å². The Morgan fingerprint density at radius 3 is 2.74 bits per heavy atom. The molecule has 39 heavy (non-hydrogen) atoms. The van der Waals surface area contributed by atoms with E-state index in [1.165, 1.54) is 37.0 Å². The van der Waals surface area contributed by atoms with Crippen molar-refractivity contribution in [2.75, 3.05) is 33.7 Å². The molecular formula is C31H41N7O. The summed E-state index contributed by atoms with van der Waals surface area (Å²) in [5, 5.41) is 11.2. The summed E-state index contributed by atoms with van der Waals surface area (Å²) in [5.74, 6) is 0.425. The molecule has 5 rings (SSSR count). The first kappa shape index (κ1) is 27.2. The van der Waals surface area contributed by atoms with E-state index in [9.17, 15) is 4.79 Å². The fraction of sp³-hybridized carbons (Fsp3) is 0.484. The van der Waals surface area contributed by atoms with Gasteiger partial charge in [0.25, 0.3) is 5.91 Å². The van der Waals surface area contributed by atoms with Gasteiger partial charge in [-0.15, -0.1) is 0 Å². The number of carbonyl (C=O) groups is 1. The quantitative estimate of drug-likeness (QED) is 0.308. The van der Waals surface area contributed by atoms with Gasteiger partial charge in [-0.2, -0.15) is 5.10 Å². The molecule has 8 nitrogen and oxygen atoms in total. The second-order valence-corrected chi connectivity index (χ2v) is 11.5. The van der Waals surface area contributed by atoms with Crippen molar-refractivity contribution in [1.29, 1.82) is 0 Å². The van der Waals surface area contributed by atoms with Gasteiger partial charge in [0.1, 0.15) is 0 Å². The number of benzene rings is 1. The zero-order valence-corrected chi connectivity index (χ0v) is 23.5. The van der Waals surface area contributed by atoms with Crippen molar-refractivity contribution < 1.29 is 4.79 Å². The van der Waals surface area contributed by atoms with Crippen molar-refractivity contribution >= 4 is 22.5 Å². The highest BCUT2D eigenvalue weighted by atomic mass is 16.2. The summed E-state index contributed by atoms with van der Waals surface area (Å²) in [6, 6.07) is 8.26. The molecule has 2 aliphatic rings. The lowest BCUT2D eigenvalue weighted by atomic mass is 9.94. The lowest BCUT2D eigenvalue weighted by Gasteiger charge is -2.30. The Morgan fingerprint density at radius 2 is 2.00 bits per heavy atom. The van der Waals surface area contributed by atoms with Gasteiger partial charge >= 0.3 is 0 Å². The molecule has 0 bridgehead atoms. The summed E-state index contributed by atoms with van der Waals surface area (Å²) in [7, 11) is 4.25. The Hall–Kier alpha value is -3.36. The second kappa shape index (κ2) is 12.7. The molecule has 2 aliphatic heterocycles. The third-order valence-electron chi connectivity index (χ3n) is 7.76. The van der Waals surface area contributed by atoms with E-state index in [1.807, 2.05) is 30.7 Å². The van der Waals surface area contributed by atoms with Crippen LogP contribution in [0.1, 0.15) is 67.9 Å². The van der Waals surface area contributed by atoms with Gasteiger partial charge < -0.3 is 10.2 Å². The zero-order valence-electron chi connectivity index (χ0n) is 23.5. The van der Waals surface area contributed by atoms with Crippen LogP contribution in [-0.2, 0) is 6.54 Å². The molecule has 2 aromatic heterocycles. The number of nitrogens with zero attached hydrogens (tertiary/aromatic N) is 5. The first-order valence-corrected chi connectivity index (χ1v) is 14.3. The van der Waals surface area contributed by atoms with Gasteiger partial charge in [0.2, 0.25) is 0 Å². The van der Waals surface area contributed by atoms with Gasteiger partial charge in [-0.3, -0.25) is 24.8 Å². The molecule has 0 radical (unpaired) electrons. The summed E-state index contributed by atoms with van der Waals surface area (Å²) in [6.07, 6.45) is 13.4. The fourth-order valence-corrected chi connectivity index (χ4v) is 5.35. The van der Waals surface area contributed by atoms with Crippen LogP contribution in [0.25, 0.3) is 22.0 Å². The minimum absolute atomic E-state index is 0.206. The number of nitrogens with one attached hydrogen (secondary N) is 2. The highest BCUT2D eigenvalue weighted by Gasteiger charge is 2.19. The Bertz CT molecular complexity index is 1350. The van der Waals surface area contributed by atoms with Crippen LogP contribution in [-0.4, -0.2) is 70.3 Å². The van der Waals surface area contributed by atoms with Crippen LogP contribution in [0.5, 0.6) is 0 Å². The van der Waals surface area contributed by atoms with Crippen molar-refractivity contribution in [3.05, 3.63) is 59.8 Å². The molecule has 1 fully saturated rings. The van der Waals surface area contributed by atoms with Gasteiger partial charge in [-0.1, -0.05) is 25.8 Å². The van der Waals surface area contributed by atoms with Gasteiger partial charge in [-0.25, -0.2) is 0 Å². The summed E-state index contributed by atoms with van der Waals surface area (Å²) in [4.78, 5) is 27.0. The van der Waals surface area contributed by atoms with Crippen molar-refractivity contribution in [3.63, 3.8) is 0 Å². The van der Waals surface area contributed by atoms with Gasteiger partial charge in [-0.05, 0) is 101 Å². The van der Waals surface area contributed by atoms with E-state index in [-0.39, 0.29) is 5.91 Å². The Morgan fingerprint density at radius 1 is 1.13 bits per heavy atom. The van der Waals surface area contributed by atoms with Crippen LogP contribution in [0.15, 0.2) is 53.5 Å². The molecule has 0 spiro atoms. The molecule has 3 aromatic rings. The number of allylic oxidation sites excluding steroid dienone is 1. The maximum atomic E-state index is 13.2. The van der Waals surface area contributed by atoms with E-state index in [4.69, 9.17) is 0 Å². The standard InChI is InChI=1S/C31H41N7O/c1-22(7-4-5-12-37(2)3)15-26-9-10-27(20-33-26)34-31(39)30-28-17-24(8-11-29(28)35-36-30)25-16-23(18-32-19-25)21-38-13-6-14-38/h8,11,16-20,22H,4-7,9-10,12-15,21H2,1-3H3,(H,34,39)(H,35,36). The number of H-pyrrole nitrogens is 1. The van der Waals surface area contributed by atoms with Crippen molar-refractivity contribution in [1.82, 2.24) is 30.3 Å². The summed E-state index contributed by atoms with van der Waals surface area (Å²) in [5.41, 5.74) is 6.60. The van der Waals surface area contributed by atoms with Crippen molar-refractivity contribution in [2.45, 2.75) is 58.4 Å². The second-order valence-electron chi connectivity index (χ2n) is 11.5. The minimum atomic E-state index is -0.206. The molecule has 1 atom stereocenters. The predicted molar refractivity (Wildman–Crippen MR) is 158 cm³/mol. The Kier molecular flexibility index (Phi) is 8.84. The molecule has 0 aliphatic carbocycles. The van der Waals surface area contributed by atoms with Crippen LogP contribution >= 0.6 is 0 Å². The predicted octanol–water partition coefficient (Wildman–Crippen LogP) is 5.39. The number of likely N-dealkylation sites (tertiary alicyclic amines) is 1. The average Bonchev–Trinajstić information content (AvgIpc) is 3.33. The smallest absolute Gasteiger partial charge is 0.276 e. The van der Waals surface area contributed by atoms with E-state index in [1.54, 1.807) is 0 Å². The topological polar surface area (TPSA) is 89.5 Å². The molecule has 1 unspecified atom stereocenters. The molecule has 1 amide bonds. The van der Waals surface area contributed by atoms with E-state index >= 15 is 0 Å². The van der Waals surface area contributed by atoms with Gasteiger partial charge in [0.15, 0.2) is 5.69 Å². The summed E-state index contributed by atoms with van der Waals surface area (Å²) >= 11 is 0. The van der Waals surface area contributed by atoms with Crippen molar-refractivity contribution in [3.8, 4) is 11.1 Å². The van der Waals surface area contributed by atoms with Crippen LogP contribution in [0.2, 0.25) is 0 Å². The van der Waals surface area contributed by atoms with Crippen LogP contribution in [0, 0.1) is 5.92 Å².